The molecule has 0 aliphatic carbocycles. The molecule has 4 N–H and O–H groups in total. The first-order chi connectivity index (χ1) is 11.3. The van der Waals surface area contributed by atoms with Crippen LogP contribution in [0.1, 0.15) is 64.0 Å². The molecule has 0 radical (unpaired) electrons. The highest BCUT2D eigenvalue weighted by Crippen LogP contribution is 2.23. The molecular weight excluding hydrogens is 302 g/mol. The Kier molecular flexibility index (Phi) is 8.30. The quantitative estimate of drug-likeness (QED) is 0.480. The van der Waals surface area contributed by atoms with Gasteiger partial charge in [-0.3, -0.25) is 9.59 Å². The van der Waals surface area contributed by atoms with Crippen molar-refractivity contribution >= 4 is 17.5 Å². The third-order valence-electron chi connectivity index (χ3n) is 3.99. The van der Waals surface area contributed by atoms with Crippen LogP contribution in [0.5, 0.6) is 0 Å². The molecule has 0 saturated heterocycles. The summed E-state index contributed by atoms with van der Waals surface area (Å²) < 4.78 is 0. The number of anilines is 1. The van der Waals surface area contributed by atoms with Crippen molar-refractivity contribution in [2.24, 2.45) is 0 Å². The third kappa shape index (κ3) is 6.60. The largest absolute Gasteiger partial charge is 0.398 e. The number of rotatable bonds is 9. The van der Waals surface area contributed by atoms with Gasteiger partial charge >= 0.3 is 0 Å². The zero-order chi connectivity index (χ0) is 18.1. The van der Waals surface area contributed by atoms with Crippen molar-refractivity contribution in [2.45, 2.75) is 65.3 Å². The Morgan fingerprint density at radius 2 is 1.92 bits per heavy atom. The average Bonchev–Trinajstić information content (AvgIpc) is 2.51. The topological polar surface area (TPSA) is 84.2 Å². The molecule has 0 bridgehead atoms. The van der Waals surface area contributed by atoms with Gasteiger partial charge in [0.2, 0.25) is 11.8 Å². The monoisotopic (exact) mass is 333 g/mol. The van der Waals surface area contributed by atoms with Gasteiger partial charge in [0.25, 0.3) is 0 Å². The Bertz CT molecular complexity index is 556. The molecule has 5 heteroatoms. The molecule has 1 unspecified atom stereocenters. The predicted octanol–water partition coefficient (Wildman–Crippen LogP) is 2.75. The maximum atomic E-state index is 12.4. The maximum absolute atomic E-state index is 12.4. The first-order valence-electron chi connectivity index (χ1n) is 8.78. The lowest BCUT2D eigenvalue weighted by molar-refractivity contribution is -0.128. The number of nitrogens with two attached hydrogens (primary N) is 1. The molecule has 1 aromatic carbocycles. The number of nitrogen functional groups attached to an aromatic ring is 1. The van der Waals surface area contributed by atoms with Gasteiger partial charge in [0.1, 0.15) is 6.04 Å². The highest BCUT2D eigenvalue weighted by atomic mass is 16.2. The number of benzene rings is 1. The molecule has 1 atom stereocenters. The minimum atomic E-state index is -0.562. The standard InChI is InChI=1S/C19H31N3O2/c1-5-6-7-10-21-19(24)18(22-14(4)23)12-15-8-9-17(20)16(11-15)13(2)3/h8-9,11,13,18H,5-7,10,12,20H2,1-4H3,(H,21,24)(H,22,23). The number of nitrogens with one attached hydrogen (secondary N) is 2. The first kappa shape index (κ1) is 20.0. The van der Waals surface area contributed by atoms with Crippen LogP contribution in [0.3, 0.4) is 0 Å². The lowest BCUT2D eigenvalue weighted by Crippen LogP contribution is -2.47. The van der Waals surface area contributed by atoms with Crippen molar-refractivity contribution in [1.82, 2.24) is 10.6 Å². The van der Waals surface area contributed by atoms with Gasteiger partial charge in [-0.2, -0.15) is 0 Å². The molecule has 0 aliphatic heterocycles. The van der Waals surface area contributed by atoms with Crippen molar-refractivity contribution in [1.29, 1.82) is 0 Å². The molecular formula is C19H31N3O2. The van der Waals surface area contributed by atoms with Crippen molar-refractivity contribution in [3.05, 3.63) is 29.3 Å². The minimum Gasteiger partial charge on any atom is -0.398 e. The SMILES string of the molecule is CCCCCNC(=O)C(Cc1ccc(N)c(C(C)C)c1)NC(C)=O. The van der Waals surface area contributed by atoms with Crippen LogP contribution < -0.4 is 16.4 Å². The molecule has 1 aromatic rings. The van der Waals surface area contributed by atoms with E-state index in [1.807, 2.05) is 18.2 Å². The van der Waals surface area contributed by atoms with Crippen LogP contribution in [-0.2, 0) is 16.0 Å². The predicted molar refractivity (Wildman–Crippen MR) is 98.8 cm³/mol. The summed E-state index contributed by atoms with van der Waals surface area (Å²) in [4.78, 5) is 23.8. The van der Waals surface area contributed by atoms with E-state index in [-0.39, 0.29) is 11.8 Å². The number of hydrogen-bond acceptors (Lipinski definition) is 3. The highest BCUT2D eigenvalue weighted by Gasteiger charge is 2.20. The van der Waals surface area contributed by atoms with Gasteiger partial charge in [0, 0.05) is 25.6 Å². The van der Waals surface area contributed by atoms with Crippen LogP contribution in [0.15, 0.2) is 18.2 Å². The Balaban J connectivity index is 2.80. The highest BCUT2D eigenvalue weighted by molar-refractivity contribution is 5.87. The Labute approximate surface area is 145 Å². The molecule has 0 fully saturated rings. The van der Waals surface area contributed by atoms with E-state index in [0.717, 1.165) is 36.1 Å². The summed E-state index contributed by atoms with van der Waals surface area (Å²) >= 11 is 0. The Morgan fingerprint density at radius 3 is 2.50 bits per heavy atom. The second kappa shape index (κ2) is 9.96. The molecule has 0 heterocycles. The smallest absolute Gasteiger partial charge is 0.242 e. The van der Waals surface area contributed by atoms with Gasteiger partial charge in [0.05, 0.1) is 0 Å². The molecule has 134 valence electrons. The molecule has 1 rings (SSSR count). The number of hydrogen-bond donors (Lipinski definition) is 3. The molecule has 0 aromatic heterocycles. The number of carbonyl (C=O) groups is 2. The van der Waals surface area contributed by atoms with E-state index in [1.165, 1.54) is 6.92 Å². The molecule has 24 heavy (non-hydrogen) atoms. The summed E-state index contributed by atoms with van der Waals surface area (Å²) in [6.45, 7) is 8.36. The van der Waals surface area contributed by atoms with Crippen molar-refractivity contribution in [3.8, 4) is 0 Å². The van der Waals surface area contributed by atoms with Gasteiger partial charge in [-0.05, 0) is 29.5 Å². The summed E-state index contributed by atoms with van der Waals surface area (Å²) in [7, 11) is 0. The van der Waals surface area contributed by atoms with Crippen molar-refractivity contribution in [2.75, 3.05) is 12.3 Å². The summed E-state index contributed by atoms with van der Waals surface area (Å²) in [6.07, 6.45) is 3.60. The molecule has 5 nitrogen and oxygen atoms in total. The number of amides is 2. The summed E-state index contributed by atoms with van der Waals surface area (Å²) in [6, 6.07) is 5.25. The summed E-state index contributed by atoms with van der Waals surface area (Å²) in [5.41, 5.74) is 8.83. The number of unbranched alkanes of at least 4 members (excludes halogenated alkanes) is 2. The van der Waals surface area contributed by atoms with E-state index >= 15 is 0 Å². The lowest BCUT2D eigenvalue weighted by atomic mass is 9.96. The fourth-order valence-electron chi connectivity index (χ4n) is 2.65. The van der Waals surface area contributed by atoms with Gasteiger partial charge in [-0.15, -0.1) is 0 Å². The van der Waals surface area contributed by atoms with Gasteiger partial charge in [-0.1, -0.05) is 45.7 Å². The van der Waals surface area contributed by atoms with Gasteiger partial charge in [-0.25, -0.2) is 0 Å². The normalized spacial score (nSPS) is 12.0. The second-order valence-corrected chi connectivity index (χ2v) is 6.57. The zero-order valence-electron chi connectivity index (χ0n) is 15.3. The van der Waals surface area contributed by atoms with Crippen LogP contribution in [0, 0.1) is 0 Å². The lowest BCUT2D eigenvalue weighted by Gasteiger charge is -2.19. The van der Waals surface area contributed by atoms with Crippen molar-refractivity contribution in [3.63, 3.8) is 0 Å². The van der Waals surface area contributed by atoms with Gasteiger partial charge < -0.3 is 16.4 Å². The van der Waals surface area contributed by atoms with E-state index in [1.54, 1.807) is 0 Å². The third-order valence-corrected chi connectivity index (χ3v) is 3.99. The zero-order valence-corrected chi connectivity index (χ0v) is 15.3. The molecule has 0 saturated carbocycles. The second-order valence-electron chi connectivity index (χ2n) is 6.57. The van der Waals surface area contributed by atoms with Crippen LogP contribution in [0.4, 0.5) is 5.69 Å². The van der Waals surface area contributed by atoms with Crippen LogP contribution >= 0.6 is 0 Å². The van der Waals surface area contributed by atoms with Crippen molar-refractivity contribution < 1.29 is 9.59 Å². The van der Waals surface area contributed by atoms with Crippen LogP contribution in [0.2, 0.25) is 0 Å². The van der Waals surface area contributed by atoms with E-state index in [2.05, 4.69) is 31.4 Å². The van der Waals surface area contributed by atoms with Crippen LogP contribution in [0.25, 0.3) is 0 Å². The molecule has 2 amide bonds. The Hall–Kier alpha value is -2.04. The fraction of sp³-hybridized carbons (Fsp3) is 0.579. The van der Waals surface area contributed by atoms with Gasteiger partial charge in [0.15, 0.2) is 0 Å². The maximum Gasteiger partial charge on any atom is 0.242 e. The van der Waals surface area contributed by atoms with E-state index < -0.39 is 6.04 Å². The minimum absolute atomic E-state index is 0.135. The van der Waals surface area contributed by atoms with Crippen LogP contribution in [-0.4, -0.2) is 24.4 Å². The summed E-state index contributed by atoms with van der Waals surface area (Å²) in [5.74, 6) is -0.0282. The molecule has 0 aliphatic rings. The Morgan fingerprint density at radius 1 is 1.21 bits per heavy atom. The van der Waals surface area contributed by atoms with E-state index in [0.29, 0.717) is 18.9 Å². The fourth-order valence-corrected chi connectivity index (χ4v) is 2.65. The summed E-state index contributed by atoms with van der Waals surface area (Å²) in [5, 5.41) is 5.66. The van der Waals surface area contributed by atoms with E-state index in [9.17, 15) is 9.59 Å². The molecule has 0 spiro atoms. The first-order valence-corrected chi connectivity index (χ1v) is 8.78. The number of carbonyl (C=O) groups excluding carboxylic acids is 2. The van der Waals surface area contributed by atoms with E-state index in [4.69, 9.17) is 5.73 Å². The average molecular weight is 333 g/mol.